The smallest absolute Gasteiger partial charge is 0.0690 e. The highest BCUT2D eigenvalue weighted by Gasteiger charge is 2.18. The first-order chi connectivity index (χ1) is 9.05. The third kappa shape index (κ3) is 6.74. The molecule has 1 rings (SSSR count). The van der Waals surface area contributed by atoms with E-state index in [9.17, 15) is 0 Å². The van der Waals surface area contributed by atoms with Gasteiger partial charge in [-0.2, -0.15) is 0 Å². The molecule has 1 fully saturated rings. The summed E-state index contributed by atoms with van der Waals surface area (Å²) in [4.78, 5) is 0. The fraction of sp³-hybridized carbons (Fsp3) is 0.750. The van der Waals surface area contributed by atoms with Crippen LogP contribution in [0.1, 0.15) is 41.3 Å². The van der Waals surface area contributed by atoms with Crippen LogP contribution in [0.25, 0.3) is 0 Å². The van der Waals surface area contributed by atoms with Crippen molar-refractivity contribution >= 4 is 16.1 Å². The Bertz CT molecular complexity index is 369. The van der Waals surface area contributed by atoms with E-state index in [1.165, 1.54) is 36.8 Å². The van der Waals surface area contributed by atoms with Crippen LogP contribution in [0.5, 0.6) is 0 Å². The minimum atomic E-state index is -1.59. The molecular formula is C16H32Si2. The highest BCUT2D eigenvalue weighted by molar-refractivity contribution is 6.81. The molecule has 2 heteroatoms. The molecule has 0 atom stereocenters. The minimum absolute atomic E-state index is 0.900. The van der Waals surface area contributed by atoms with Crippen molar-refractivity contribution in [2.24, 2.45) is 0 Å². The Labute approximate surface area is 119 Å². The monoisotopic (exact) mass is 282 g/mol. The van der Waals surface area contributed by atoms with Crippen LogP contribution in [0.4, 0.5) is 0 Å². The van der Waals surface area contributed by atoms with E-state index in [-0.39, 0.29) is 0 Å². The molecule has 0 unspecified atom stereocenters. The molecular weight excluding hydrogens is 248 g/mol. The second-order valence-electron chi connectivity index (χ2n) is 7.62. The topological polar surface area (TPSA) is 0 Å². The van der Waals surface area contributed by atoms with Gasteiger partial charge in [0.15, 0.2) is 0 Å². The minimum Gasteiger partial charge on any atom is -0.0916 e. The van der Waals surface area contributed by atoms with Gasteiger partial charge in [0, 0.05) is 0 Å². The van der Waals surface area contributed by atoms with E-state index >= 15 is 0 Å². The molecule has 0 aromatic rings. The van der Waals surface area contributed by atoms with Crippen molar-refractivity contribution in [1.82, 2.24) is 0 Å². The first-order valence-corrected chi connectivity index (χ1v) is 14.5. The first kappa shape index (κ1) is 12.9. The lowest BCUT2D eigenvalue weighted by Crippen LogP contribution is -2.20. The normalized spacial score (nSPS) is 26.8. The lowest BCUT2D eigenvalue weighted by atomic mass is 9.94. The van der Waals surface area contributed by atoms with Crippen LogP contribution in [0, 0.1) is 0 Å². The van der Waals surface area contributed by atoms with Crippen LogP contribution in [-0.4, -0.2) is 16.1 Å². The zero-order valence-electron chi connectivity index (χ0n) is 15.2. The van der Waals surface area contributed by atoms with Gasteiger partial charge in [-0.15, -0.1) is 0 Å². The van der Waals surface area contributed by atoms with Crippen molar-refractivity contribution in [1.29, 1.82) is 0 Å². The van der Waals surface area contributed by atoms with Gasteiger partial charge in [0.05, 0.1) is 18.9 Å². The maximum absolute atomic E-state index is 8.65. The van der Waals surface area contributed by atoms with E-state index in [0.29, 0.717) is 0 Å². The summed E-state index contributed by atoms with van der Waals surface area (Å²) < 4.78 is 17.3. The van der Waals surface area contributed by atoms with Crippen LogP contribution < -0.4 is 0 Å². The Balaban J connectivity index is 3.39. The van der Waals surface area contributed by atoms with Gasteiger partial charge in [0.25, 0.3) is 0 Å². The van der Waals surface area contributed by atoms with E-state index in [1.807, 2.05) is 0 Å². The van der Waals surface area contributed by atoms with Gasteiger partial charge in [-0.1, -0.05) is 74.6 Å². The predicted octanol–water partition coefficient (Wildman–Crippen LogP) is 5.95. The second-order valence-corrected chi connectivity index (χ2v) is 17.1. The molecule has 0 aromatic carbocycles. The van der Waals surface area contributed by atoms with Crippen molar-refractivity contribution < 1.29 is 2.74 Å². The standard InChI is InChI=1S/C16H32Si2/c1-17(2,3)13-15-11-9-7-8-10-12-16(15)14-18(4,5)6/h13-14H,7-12H2,1-6H3/i13D,14D. The van der Waals surface area contributed by atoms with Crippen LogP contribution in [-0.2, 0) is 0 Å². The van der Waals surface area contributed by atoms with Crippen molar-refractivity contribution in [2.45, 2.75) is 77.8 Å². The van der Waals surface area contributed by atoms with E-state index in [1.54, 1.807) is 0 Å². The van der Waals surface area contributed by atoms with Crippen molar-refractivity contribution in [2.75, 3.05) is 0 Å². The highest BCUT2D eigenvalue weighted by atomic mass is 28.3. The lowest BCUT2D eigenvalue weighted by molar-refractivity contribution is 0.614. The fourth-order valence-electron chi connectivity index (χ4n) is 2.44. The fourth-order valence-corrected chi connectivity index (χ4v) is 4.80. The Morgan fingerprint density at radius 3 is 1.33 bits per heavy atom. The Morgan fingerprint density at radius 1 is 0.722 bits per heavy atom. The van der Waals surface area contributed by atoms with E-state index in [4.69, 9.17) is 2.74 Å². The molecule has 104 valence electrons. The van der Waals surface area contributed by atoms with E-state index < -0.39 is 16.1 Å². The average Bonchev–Trinajstić information content (AvgIpc) is 2.25. The van der Waals surface area contributed by atoms with Crippen LogP contribution >= 0.6 is 0 Å². The van der Waals surface area contributed by atoms with Gasteiger partial charge in [-0.05, 0) is 25.7 Å². The molecule has 1 saturated carbocycles. The van der Waals surface area contributed by atoms with Gasteiger partial charge in [0.2, 0.25) is 0 Å². The summed E-state index contributed by atoms with van der Waals surface area (Å²) in [6, 6.07) is 0. The van der Waals surface area contributed by atoms with E-state index in [2.05, 4.69) is 39.3 Å². The number of allylic oxidation sites excluding steroid dienone is 2. The highest BCUT2D eigenvalue weighted by Crippen LogP contribution is 2.29. The van der Waals surface area contributed by atoms with Gasteiger partial charge in [0.1, 0.15) is 0 Å². The van der Waals surface area contributed by atoms with Gasteiger partial charge >= 0.3 is 0 Å². The summed E-state index contributed by atoms with van der Waals surface area (Å²) in [7, 11) is -3.18. The van der Waals surface area contributed by atoms with Crippen LogP contribution in [0.15, 0.2) is 22.5 Å². The molecule has 0 aromatic heterocycles. The van der Waals surface area contributed by atoms with Gasteiger partial charge < -0.3 is 0 Å². The van der Waals surface area contributed by atoms with Crippen LogP contribution in [0.2, 0.25) is 39.3 Å². The number of rotatable bonds is 2. The third-order valence-corrected chi connectivity index (χ3v) is 5.12. The summed E-state index contributed by atoms with van der Waals surface area (Å²) in [6.07, 6.45) is 7.04. The largest absolute Gasteiger partial charge is 0.0916 e. The molecule has 0 spiro atoms. The van der Waals surface area contributed by atoms with Gasteiger partial charge in [-0.25, -0.2) is 0 Å². The molecule has 0 heterocycles. The summed E-state index contributed by atoms with van der Waals surface area (Å²) in [6.45, 7) is 13.6. The quantitative estimate of drug-likeness (QED) is 0.549. The van der Waals surface area contributed by atoms with Crippen LogP contribution in [0.3, 0.4) is 0 Å². The summed E-state index contributed by atoms with van der Waals surface area (Å²) in [5, 5.41) is 0. The second kappa shape index (κ2) is 6.38. The predicted molar refractivity (Wildman–Crippen MR) is 90.6 cm³/mol. The molecule has 0 nitrogen and oxygen atoms in total. The molecule has 0 N–H and O–H groups in total. The molecule has 0 amide bonds. The molecule has 1 aliphatic rings. The molecule has 0 bridgehead atoms. The SMILES string of the molecule is [2H]C(=C1CCCCCCC1=C([2H])[Si](C)(C)C)[Si](C)(C)C. The lowest BCUT2D eigenvalue weighted by Gasteiger charge is -2.23. The Morgan fingerprint density at radius 2 is 1.06 bits per heavy atom. The molecule has 1 aliphatic carbocycles. The molecule has 18 heavy (non-hydrogen) atoms. The van der Waals surface area contributed by atoms with Crippen molar-refractivity contribution in [3.63, 3.8) is 0 Å². The molecule has 0 aliphatic heterocycles. The van der Waals surface area contributed by atoms with Crippen molar-refractivity contribution in [3.8, 4) is 0 Å². The third-order valence-electron chi connectivity index (χ3n) is 3.02. The summed E-state index contributed by atoms with van der Waals surface area (Å²) in [5.41, 5.74) is 4.32. The maximum atomic E-state index is 8.65. The average molecular weight is 283 g/mol. The van der Waals surface area contributed by atoms with E-state index in [0.717, 1.165) is 24.2 Å². The van der Waals surface area contributed by atoms with Crippen molar-refractivity contribution in [3.05, 3.63) is 22.5 Å². The summed E-state index contributed by atoms with van der Waals surface area (Å²) in [5.74, 6) is 0. The molecule has 0 radical (unpaired) electrons. The Kier molecular flexibility index (Phi) is 4.58. The molecule has 0 saturated heterocycles. The Hall–Kier alpha value is -0.0862. The van der Waals surface area contributed by atoms with Gasteiger partial charge in [-0.3, -0.25) is 0 Å². The first-order valence-electron chi connectivity index (χ1n) is 8.46. The number of hydrogen-bond acceptors (Lipinski definition) is 0. The maximum Gasteiger partial charge on any atom is 0.0690 e. The zero-order valence-corrected chi connectivity index (χ0v) is 15.2. The summed E-state index contributed by atoms with van der Waals surface area (Å²) >= 11 is 0. The number of hydrogen-bond donors (Lipinski definition) is 0. The zero-order chi connectivity index (χ0) is 15.6.